The number of nitrogens with one attached hydrogen (secondary N) is 2. The van der Waals surface area contributed by atoms with Gasteiger partial charge in [0.05, 0.1) is 10.0 Å². The summed E-state index contributed by atoms with van der Waals surface area (Å²) in [6.45, 7) is 0.994. The highest BCUT2D eigenvalue weighted by atomic mass is 79.9. The number of benzene rings is 2. The van der Waals surface area contributed by atoms with Crippen molar-refractivity contribution in [3.63, 3.8) is 0 Å². The van der Waals surface area contributed by atoms with Gasteiger partial charge in [0, 0.05) is 64.7 Å². The van der Waals surface area contributed by atoms with Crippen molar-refractivity contribution in [3.8, 4) is 22.3 Å². The second kappa shape index (κ2) is 10.1. The van der Waals surface area contributed by atoms with E-state index in [-0.39, 0.29) is 17.5 Å². The number of hydrogen-bond acceptors (Lipinski definition) is 4. The fraction of sp³-hybridized carbons (Fsp3) is 0.192. The molecule has 0 spiro atoms. The van der Waals surface area contributed by atoms with Gasteiger partial charge in [-0.3, -0.25) is 14.0 Å². The molecule has 1 amide bonds. The Labute approximate surface area is 220 Å². The molecule has 35 heavy (non-hydrogen) atoms. The standard InChI is InChI=1S/C26H21BrCl2N4O2/c27-21-6-2-5-20(25(21)29)19-4-1-3-18(24(19)28)15-9-10-33-22(11-15)31-13-16(26(33)35)12-30-14-17-7-8-23(34)32-17/h1-6,9-11,13,17,30H,7-8,12,14H2,(H,32,34)/t17-/m0/s1. The topological polar surface area (TPSA) is 75.5 Å². The number of carbonyl (C=O) groups is 1. The van der Waals surface area contributed by atoms with Crippen molar-refractivity contribution < 1.29 is 4.79 Å². The Morgan fingerprint density at radius 1 is 1.06 bits per heavy atom. The zero-order chi connectivity index (χ0) is 24.5. The molecule has 2 aromatic carbocycles. The summed E-state index contributed by atoms with van der Waals surface area (Å²) in [6.07, 6.45) is 4.68. The van der Waals surface area contributed by atoms with Gasteiger partial charge in [0.15, 0.2) is 0 Å². The van der Waals surface area contributed by atoms with E-state index >= 15 is 0 Å². The lowest BCUT2D eigenvalue weighted by atomic mass is 9.99. The van der Waals surface area contributed by atoms with Crippen molar-refractivity contribution in [1.82, 2.24) is 20.0 Å². The predicted octanol–water partition coefficient (Wildman–Crippen LogP) is 5.47. The number of carbonyl (C=O) groups excluding carboxylic acids is 1. The molecule has 0 bridgehead atoms. The maximum absolute atomic E-state index is 13.0. The average Bonchev–Trinajstić information content (AvgIpc) is 3.27. The van der Waals surface area contributed by atoms with Gasteiger partial charge < -0.3 is 10.6 Å². The van der Waals surface area contributed by atoms with E-state index in [1.54, 1.807) is 12.4 Å². The Kier molecular flexibility index (Phi) is 6.93. The molecular formula is C26H21BrCl2N4O2. The van der Waals surface area contributed by atoms with Gasteiger partial charge in [0.1, 0.15) is 5.65 Å². The van der Waals surface area contributed by atoms with Crippen LogP contribution in [0, 0.1) is 0 Å². The Hall–Kier alpha value is -2.71. The minimum absolute atomic E-state index is 0.0745. The number of nitrogens with zero attached hydrogens (tertiary/aromatic N) is 2. The molecule has 9 heteroatoms. The lowest BCUT2D eigenvalue weighted by molar-refractivity contribution is -0.119. The van der Waals surface area contributed by atoms with Gasteiger partial charge >= 0.3 is 0 Å². The molecule has 1 aliphatic heterocycles. The summed E-state index contributed by atoms with van der Waals surface area (Å²) in [5.41, 5.74) is 4.27. The zero-order valence-electron chi connectivity index (χ0n) is 18.5. The van der Waals surface area contributed by atoms with Crippen molar-refractivity contribution in [2.45, 2.75) is 25.4 Å². The van der Waals surface area contributed by atoms with Gasteiger partial charge in [-0.2, -0.15) is 0 Å². The van der Waals surface area contributed by atoms with Crippen molar-refractivity contribution in [2.24, 2.45) is 0 Å². The van der Waals surface area contributed by atoms with Crippen LogP contribution in [-0.2, 0) is 11.3 Å². The van der Waals surface area contributed by atoms with Crippen LogP contribution >= 0.6 is 39.1 Å². The molecule has 1 fully saturated rings. The minimum atomic E-state index is -0.134. The van der Waals surface area contributed by atoms with Gasteiger partial charge in [-0.1, -0.05) is 53.5 Å². The molecule has 1 atom stereocenters. The zero-order valence-corrected chi connectivity index (χ0v) is 21.6. The van der Waals surface area contributed by atoms with E-state index in [1.807, 2.05) is 48.5 Å². The summed E-state index contributed by atoms with van der Waals surface area (Å²) in [5, 5.41) is 7.32. The fourth-order valence-corrected chi connectivity index (χ4v) is 5.22. The highest BCUT2D eigenvalue weighted by Gasteiger charge is 2.20. The van der Waals surface area contributed by atoms with Crippen LogP contribution in [0.1, 0.15) is 18.4 Å². The molecule has 0 aliphatic carbocycles. The first-order valence-electron chi connectivity index (χ1n) is 11.2. The molecule has 2 N–H and O–H groups in total. The fourth-order valence-electron chi connectivity index (χ4n) is 4.29. The number of fused-ring (bicyclic) bond motifs is 1. The van der Waals surface area contributed by atoms with Crippen LogP contribution in [0.4, 0.5) is 0 Å². The molecule has 178 valence electrons. The largest absolute Gasteiger partial charge is 0.352 e. The van der Waals surface area contributed by atoms with E-state index in [0.717, 1.165) is 33.1 Å². The summed E-state index contributed by atoms with van der Waals surface area (Å²) in [6, 6.07) is 15.3. The second-order valence-electron chi connectivity index (χ2n) is 8.43. The third-order valence-electron chi connectivity index (χ3n) is 6.12. The van der Waals surface area contributed by atoms with E-state index in [9.17, 15) is 9.59 Å². The molecule has 1 aliphatic rings. The molecule has 0 radical (unpaired) electrons. The van der Waals surface area contributed by atoms with Gasteiger partial charge in [-0.05, 0) is 46.1 Å². The van der Waals surface area contributed by atoms with Crippen LogP contribution in [0.3, 0.4) is 0 Å². The maximum Gasteiger partial charge on any atom is 0.262 e. The first-order chi connectivity index (χ1) is 16.9. The van der Waals surface area contributed by atoms with Gasteiger partial charge in [-0.15, -0.1) is 0 Å². The molecule has 0 unspecified atom stereocenters. The number of hydrogen-bond donors (Lipinski definition) is 2. The van der Waals surface area contributed by atoms with Crippen LogP contribution in [0.5, 0.6) is 0 Å². The van der Waals surface area contributed by atoms with Crippen LogP contribution in [0.2, 0.25) is 10.0 Å². The SMILES string of the molecule is O=C1CC[C@@H](CNCc2cnc3cc(-c4cccc(-c5cccc(Br)c5Cl)c4Cl)ccn3c2=O)N1. The Morgan fingerprint density at radius 3 is 2.57 bits per heavy atom. The molecule has 1 saturated heterocycles. The number of halogens is 3. The number of pyridine rings is 1. The molecule has 3 heterocycles. The van der Waals surface area contributed by atoms with Crippen LogP contribution in [0.15, 0.2) is 70.2 Å². The van der Waals surface area contributed by atoms with Crippen LogP contribution < -0.4 is 16.2 Å². The first kappa shape index (κ1) is 24.0. The van der Waals surface area contributed by atoms with E-state index in [1.165, 1.54) is 4.40 Å². The highest BCUT2D eigenvalue weighted by molar-refractivity contribution is 9.10. The smallest absolute Gasteiger partial charge is 0.262 e. The predicted molar refractivity (Wildman–Crippen MR) is 143 cm³/mol. The van der Waals surface area contributed by atoms with Gasteiger partial charge in [0.25, 0.3) is 5.56 Å². The van der Waals surface area contributed by atoms with Gasteiger partial charge in [-0.25, -0.2) is 4.98 Å². The molecular weight excluding hydrogens is 551 g/mol. The second-order valence-corrected chi connectivity index (χ2v) is 10.0. The summed E-state index contributed by atoms with van der Waals surface area (Å²) in [4.78, 5) is 28.8. The van der Waals surface area contributed by atoms with Crippen molar-refractivity contribution in [2.75, 3.05) is 6.54 Å². The lowest BCUT2D eigenvalue weighted by Crippen LogP contribution is -2.36. The van der Waals surface area contributed by atoms with Gasteiger partial charge in [0.2, 0.25) is 5.91 Å². The molecule has 5 rings (SSSR count). The summed E-state index contributed by atoms with van der Waals surface area (Å²) in [5.74, 6) is 0.0745. The monoisotopic (exact) mass is 570 g/mol. The summed E-state index contributed by atoms with van der Waals surface area (Å²) < 4.78 is 2.33. The number of amides is 1. The molecule has 6 nitrogen and oxygen atoms in total. The Balaban J connectivity index is 1.42. The van der Waals surface area contributed by atoms with Crippen molar-refractivity contribution >= 4 is 50.7 Å². The summed E-state index contributed by atoms with van der Waals surface area (Å²) in [7, 11) is 0. The third-order valence-corrected chi connectivity index (χ3v) is 7.83. The van der Waals surface area contributed by atoms with Crippen molar-refractivity contribution in [1.29, 1.82) is 0 Å². The highest BCUT2D eigenvalue weighted by Crippen LogP contribution is 2.41. The van der Waals surface area contributed by atoms with Crippen LogP contribution in [-0.4, -0.2) is 27.9 Å². The Morgan fingerprint density at radius 2 is 1.80 bits per heavy atom. The van der Waals surface area contributed by atoms with E-state index in [2.05, 4.69) is 31.5 Å². The molecule has 2 aromatic heterocycles. The van der Waals surface area contributed by atoms with E-state index < -0.39 is 0 Å². The molecule has 0 saturated carbocycles. The number of aromatic nitrogens is 2. The maximum atomic E-state index is 13.0. The Bertz CT molecular complexity index is 1500. The quantitative estimate of drug-likeness (QED) is 0.322. The summed E-state index contributed by atoms with van der Waals surface area (Å²) >= 11 is 16.8. The minimum Gasteiger partial charge on any atom is -0.352 e. The number of rotatable bonds is 6. The van der Waals surface area contributed by atoms with E-state index in [0.29, 0.717) is 40.8 Å². The van der Waals surface area contributed by atoms with Crippen LogP contribution in [0.25, 0.3) is 27.9 Å². The lowest BCUT2D eigenvalue weighted by Gasteiger charge is -2.13. The molecule has 4 aromatic rings. The van der Waals surface area contributed by atoms with Crippen molar-refractivity contribution in [3.05, 3.63) is 91.4 Å². The normalized spacial score (nSPS) is 15.5. The van der Waals surface area contributed by atoms with E-state index in [4.69, 9.17) is 23.2 Å². The third kappa shape index (κ3) is 4.86. The first-order valence-corrected chi connectivity index (χ1v) is 12.7. The average molecular weight is 572 g/mol.